The third-order valence-electron chi connectivity index (χ3n) is 7.30. The number of hydrogen-bond donors (Lipinski definition) is 0. The fourth-order valence-electron chi connectivity index (χ4n) is 5.17. The van der Waals surface area contributed by atoms with Crippen LogP contribution in [0.3, 0.4) is 0 Å². The Morgan fingerprint density at radius 1 is 0.524 bits per heavy atom. The first-order valence-electron chi connectivity index (χ1n) is 14.7. The van der Waals surface area contributed by atoms with Gasteiger partial charge in [-0.05, 0) is 29.2 Å². The molecule has 0 N–H and O–H groups in total. The van der Waals surface area contributed by atoms with Crippen molar-refractivity contribution in [2.75, 3.05) is 6.61 Å². The average molecular weight is 565 g/mol. The van der Waals surface area contributed by atoms with Crippen molar-refractivity contribution >= 4 is 0 Å². The molecule has 0 unspecified atom stereocenters. The minimum atomic E-state index is -0.424. The molecule has 5 nitrogen and oxygen atoms in total. The molecule has 1 aliphatic rings. The predicted molar refractivity (Wildman–Crippen MR) is 165 cm³/mol. The first kappa shape index (κ1) is 29.9. The summed E-state index contributed by atoms with van der Waals surface area (Å²) < 4.78 is 32.9. The van der Waals surface area contributed by atoms with Crippen LogP contribution in [0, 0.1) is 0 Å². The number of benzene rings is 4. The molecule has 0 aliphatic carbocycles. The van der Waals surface area contributed by atoms with E-state index in [0.29, 0.717) is 33.0 Å². The maximum atomic E-state index is 6.72. The summed E-state index contributed by atoms with van der Waals surface area (Å²) >= 11 is 0. The Morgan fingerprint density at radius 2 is 0.929 bits per heavy atom. The molecule has 4 aromatic rings. The van der Waals surface area contributed by atoms with Gasteiger partial charge in [0.15, 0.2) is 0 Å². The number of ether oxygens (including phenoxy) is 5. The Hall–Kier alpha value is -3.58. The van der Waals surface area contributed by atoms with Crippen molar-refractivity contribution in [2.45, 2.75) is 63.9 Å². The SMILES string of the molecule is CC=C[C@H]1O[C@H](COCc2ccccc2)[C@@H](OCc2ccccc2)[C@H](OCc2ccccc2)[C@@H]1OCc1ccccc1. The van der Waals surface area contributed by atoms with Crippen LogP contribution in [-0.2, 0) is 50.1 Å². The second-order valence-electron chi connectivity index (χ2n) is 10.4. The highest BCUT2D eigenvalue weighted by atomic mass is 16.6. The standard InChI is InChI=1S/C37H40O5/c1-2-15-33-35(39-25-30-18-9-4-10-19-30)37(41-27-32-22-13-6-14-23-32)36(40-26-31-20-11-5-12-21-31)34(42-33)28-38-24-29-16-7-3-8-17-29/h2-23,33-37H,24-28H2,1H3/t33-,34-,35-,36-,37-/m1/s1. The molecule has 0 bridgehead atoms. The van der Waals surface area contributed by atoms with Crippen LogP contribution < -0.4 is 0 Å². The number of allylic oxidation sites excluding steroid dienone is 1. The molecule has 42 heavy (non-hydrogen) atoms. The van der Waals surface area contributed by atoms with Crippen molar-refractivity contribution in [1.82, 2.24) is 0 Å². The Labute approximate surface area is 249 Å². The summed E-state index contributed by atoms with van der Waals surface area (Å²) in [4.78, 5) is 0. The van der Waals surface area contributed by atoms with Crippen molar-refractivity contribution in [3.63, 3.8) is 0 Å². The van der Waals surface area contributed by atoms with Crippen LogP contribution in [0.2, 0.25) is 0 Å². The van der Waals surface area contributed by atoms with E-state index in [1.807, 2.05) is 91.9 Å². The summed E-state index contributed by atoms with van der Waals surface area (Å²) in [5, 5.41) is 0. The van der Waals surface area contributed by atoms with E-state index in [-0.39, 0.29) is 12.2 Å². The first-order valence-corrected chi connectivity index (χ1v) is 14.7. The number of rotatable bonds is 14. The first-order chi connectivity index (χ1) is 20.8. The smallest absolute Gasteiger partial charge is 0.116 e. The molecule has 1 heterocycles. The highest BCUT2D eigenvalue weighted by Crippen LogP contribution is 2.31. The van der Waals surface area contributed by atoms with Gasteiger partial charge in [-0.25, -0.2) is 0 Å². The third-order valence-corrected chi connectivity index (χ3v) is 7.30. The molecule has 5 heteroatoms. The molecule has 1 aliphatic heterocycles. The van der Waals surface area contributed by atoms with Gasteiger partial charge >= 0.3 is 0 Å². The van der Waals surface area contributed by atoms with E-state index < -0.39 is 18.3 Å². The van der Waals surface area contributed by atoms with Crippen LogP contribution in [-0.4, -0.2) is 37.1 Å². The van der Waals surface area contributed by atoms with Gasteiger partial charge in [-0.15, -0.1) is 0 Å². The topological polar surface area (TPSA) is 46.2 Å². The van der Waals surface area contributed by atoms with Crippen molar-refractivity contribution in [2.24, 2.45) is 0 Å². The number of hydrogen-bond acceptors (Lipinski definition) is 5. The monoisotopic (exact) mass is 564 g/mol. The zero-order valence-electron chi connectivity index (χ0n) is 24.2. The second kappa shape index (κ2) is 16.2. The minimum absolute atomic E-state index is 0.332. The van der Waals surface area contributed by atoms with E-state index in [0.717, 1.165) is 22.3 Å². The summed E-state index contributed by atoms with van der Waals surface area (Å²) in [5.41, 5.74) is 4.38. The molecular weight excluding hydrogens is 524 g/mol. The fraction of sp³-hybridized carbons (Fsp3) is 0.297. The van der Waals surface area contributed by atoms with Crippen molar-refractivity contribution in [3.05, 3.63) is 156 Å². The van der Waals surface area contributed by atoms with E-state index in [4.69, 9.17) is 23.7 Å². The zero-order chi connectivity index (χ0) is 28.8. The third kappa shape index (κ3) is 8.71. The Morgan fingerprint density at radius 3 is 1.38 bits per heavy atom. The van der Waals surface area contributed by atoms with Gasteiger partial charge in [0, 0.05) is 0 Å². The van der Waals surface area contributed by atoms with Crippen molar-refractivity contribution in [3.8, 4) is 0 Å². The van der Waals surface area contributed by atoms with Gasteiger partial charge in [-0.2, -0.15) is 0 Å². The summed E-state index contributed by atoms with van der Waals surface area (Å²) in [6, 6.07) is 40.8. The van der Waals surface area contributed by atoms with Gasteiger partial charge in [0.05, 0.1) is 33.0 Å². The van der Waals surface area contributed by atoms with Crippen LogP contribution >= 0.6 is 0 Å². The lowest BCUT2D eigenvalue weighted by atomic mass is 9.93. The van der Waals surface area contributed by atoms with Crippen LogP contribution in [0.5, 0.6) is 0 Å². The van der Waals surface area contributed by atoms with E-state index in [9.17, 15) is 0 Å². The normalized spacial score (nSPS) is 22.4. The Bertz CT molecular complexity index is 1310. The lowest BCUT2D eigenvalue weighted by molar-refractivity contribution is -0.263. The van der Waals surface area contributed by atoms with Crippen LogP contribution in [0.1, 0.15) is 29.2 Å². The lowest BCUT2D eigenvalue weighted by Gasteiger charge is -2.45. The molecule has 5 rings (SSSR count). The molecule has 4 aromatic carbocycles. The predicted octanol–water partition coefficient (Wildman–Crippen LogP) is 7.30. The molecular formula is C37H40O5. The van der Waals surface area contributed by atoms with E-state index >= 15 is 0 Å². The Kier molecular flexibility index (Phi) is 11.5. The summed E-state index contributed by atoms with van der Waals surface area (Å²) in [5.74, 6) is 0. The van der Waals surface area contributed by atoms with Gasteiger partial charge in [0.1, 0.15) is 30.5 Å². The molecule has 5 atom stereocenters. The average Bonchev–Trinajstić information content (AvgIpc) is 3.05. The molecule has 1 saturated heterocycles. The summed E-state index contributed by atoms with van der Waals surface area (Å²) in [6.45, 7) is 4.14. The zero-order valence-corrected chi connectivity index (χ0v) is 24.2. The minimum Gasteiger partial charge on any atom is -0.374 e. The maximum absolute atomic E-state index is 6.72. The molecule has 1 fully saturated rings. The molecule has 0 aromatic heterocycles. The molecule has 0 amide bonds. The van der Waals surface area contributed by atoms with Crippen molar-refractivity contribution in [1.29, 1.82) is 0 Å². The molecule has 218 valence electrons. The molecule has 0 radical (unpaired) electrons. The van der Waals surface area contributed by atoms with Crippen molar-refractivity contribution < 1.29 is 23.7 Å². The molecule has 0 saturated carbocycles. The Balaban J connectivity index is 1.41. The van der Waals surface area contributed by atoms with Crippen LogP contribution in [0.25, 0.3) is 0 Å². The van der Waals surface area contributed by atoms with Gasteiger partial charge in [0.2, 0.25) is 0 Å². The van der Waals surface area contributed by atoms with Crippen LogP contribution in [0.15, 0.2) is 133 Å². The fourth-order valence-corrected chi connectivity index (χ4v) is 5.17. The largest absolute Gasteiger partial charge is 0.374 e. The van der Waals surface area contributed by atoms with Gasteiger partial charge in [-0.1, -0.05) is 133 Å². The molecule has 0 spiro atoms. The second-order valence-corrected chi connectivity index (χ2v) is 10.4. The quantitative estimate of drug-likeness (QED) is 0.150. The van der Waals surface area contributed by atoms with Gasteiger partial charge in [0.25, 0.3) is 0 Å². The summed E-state index contributed by atoms with van der Waals surface area (Å²) in [7, 11) is 0. The van der Waals surface area contributed by atoms with E-state index in [2.05, 4.69) is 48.5 Å². The van der Waals surface area contributed by atoms with Gasteiger partial charge in [-0.3, -0.25) is 0 Å². The maximum Gasteiger partial charge on any atom is 0.116 e. The highest BCUT2D eigenvalue weighted by Gasteiger charge is 2.47. The van der Waals surface area contributed by atoms with E-state index in [1.165, 1.54) is 0 Å². The van der Waals surface area contributed by atoms with E-state index in [1.54, 1.807) is 0 Å². The van der Waals surface area contributed by atoms with Crippen LogP contribution in [0.4, 0.5) is 0 Å². The lowest BCUT2D eigenvalue weighted by Crippen LogP contribution is -2.60. The van der Waals surface area contributed by atoms with Gasteiger partial charge < -0.3 is 23.7 Å². The summed E-state index contributed by atoms with van der Waals surface area (Å²) in [6.07, 6.45) is 2.13. The highest BCUT2D eigenvalue weighted by molar-refractivity contribution is 5.17.